The number of para-hydroxylation sites is 1. The van der Waals surface area contributed by atoms with E-state index in [-0.39, 0.29) is 11.2 Å². The molecule has 0 spiro atoms. The molecule has 4 rings (SSSR count). The van der Waals surface area contributed by atoms with Gasteiger partial charge in [0.25, 0.3) is 0 Å². The van der Waals surface area contributed by atoms with E-state index in [9.17, 15) is 9.90 Å². The molecule has 0 aliphatic carbocycles. The topological polar surface area (TPSA) is 46.5 Å². The van der Waals surface area contributed by atoms with Crippen molar-refractivity contribution in [2.24, 2.45) is 0 Å². The Morgan fingerprint density at radius 1 is 0.714 bits per heavy atom. The van der Waals surface area contributed by atoms with Crippen LogP contribution in [-0.4, -0.2) is 31.5 Å². The Morgan fingerprint density at radius 3 is 1.49 bits per heavy atom. The molecule has 0 aliphatic heterocycles. The van der Waals surface area contributed by atoms with Gasteiger partial charge in [-0.05, 0) is 0 Å². The van der Waals surface area contributed by atoms with Gasteiger partial charge in [-0.2, -0.15) is 0 Å². The van der Waals surface area contributed by atoms with Crippen molar-refractivity contribution in [2.75, 3.05) is 7.11 Å². The van der Waals surface area contributed by atoms with E-state index in [1.165, 1.54) is 29.9 Å². The Kier molecular flexibility index (Phi) is 7.46. The summed E-state index contributed by atoms with van der Waals surface area (Å²) in [6.45, 7) is 6.27. The maximum absolute atomic E-state index is 12.5. The van der Waals surface area contributed by atoms with Crippen LogP contribution in [0.15, 0.2) is 97.1 Å². The molecule has 4 aromatic rings. The van der Waals surface area contributed by atoms with Crippen LogP contribution >= 0.6 is 0 Å². The third kappa shape index (κ3) is 4.92. The zero-order valence-electron chi connectivity index (χ0n) is 20.8. The number of rotatable bonds is 8. The van der Waals surface area contributed by atoms with E-state index in [2.05, 4.69) is 93.6 Å². The molecule has 4 aromatic carbocycles. The van der Waals surface area contributed by atoms with E-state index >= 15 is 0 Å². The number of methoxy groups -OCH3 is 1. The molecule has 0 aliphatic rings. The standard InChI is InChI=1S/C31H32GeO3/c1-22-9-15-25(16-10-22)32(26-17-11-23(2)12-18-26,27-19-13-24(3)14-20-27)29(21-31(33)34)28-7-5-6-8-30(28)35-4/h5-20,29H,21H2,1-4H3,(H,33,34). The molecule has 1 N–H and O–H groups in total. The first-order chi connectivity index (χ1) is 16.9. The first-order valence-corrected chi connectivity index (χ1v) is 16.3. The van der Waals surface area contributed by atoms with Crippen molar-refractivity contribution >= 4 is 32.4 Å². The molecule has 0 bridgehead atoms. The second-order valence-corrected chi connectivity index (χ2v) is 17.8. The molecular formula is C31H32GeO3. The number of aliphatic carboxylic acids is 1. The van der Waals surface area contributed by atoms with Crippen LogP contribution in [0, 0.1) is 20.8 Å². The number of carboxylic acids is 1. The average Bonchev–Trinajstić information content (AvgIpc) is 2.86. The van der Waals surface area contributed by atoms with Gasteiger partial charge in [0.1, 0.15) is 0 Å². The molecule has 35 heavy (non-hydrogen) atoms. The zero-order chi connectivity index (χ0) is 25.0. The fourth-order valence-corrected chi connectivity index (χ4v) is 16.7. The fraction of sp³-hybridized carbons (Fsp3) is 0.194. The van der Waals surface area contributed by atoms with E-state index in [1.807, 2.05) is 24.3 Å². The molecule has 3 nitrogen and oxygen atoms in total. The van der Waals surface area contributed by atoms with Crippen LogP contribution in [0.2, 0.25) is 0 Å². The minimum atomic E-state index is -3.69. The van der Waals surface area contributed by atoms with Gasteiger partial charge in [0.2, 0.25) is 0 Å². The van der Waals surface area contributed by atoms with E-state index < -0.39 is 19.2 Å². The first-order valence-electron chi connectivity index (χ1n) is 11.9. The van der Waals surface area contributed by atoms with Crippen LogP contribution in [0.3, 0.4) is 0 Å². The predicted octanol–water partition coefficient (Wildman–Crippen LogP) is 4.89. The van der Waals surface area contributed by atoms with Crippen LogP contribution in [0.25, 0.3) is 0 Å². The van der Waals surface area contributed by atoms with Gasteiger partial charge in [-0.1, -0.05) is 0 Å². The van der Waals surface area contributed by atoms with Crippen molar-refractivity contribution in [3.05, 3.63) is 119 Å². The molecule has 1 unspecified atom stereocenters. The van der Waals surface area contributed by atoms with Crippen molar-refractivity contribution in [1.29, 1.82) is 0 Å². The Morgan fingerprint density at radius 2 is 1.11 bits per heavy atom. The number of ether oxygens (including phenoxy) is 1. The van der Waals surface area contributed by atoms with Gasteiger partial charge in [0.05, 0.1) is 0 Å². The quantitative estimate of drug-likeness (QED) is 0.334. The van der Waals surface area contributed by atoms with Crippen molar-refractivity contribution in [3.8, 4) is 5.75 Å². The second-order valence-electron chi connectivity index (χ2n) is 9.30. The van der Waals surface area contributed by atoms with Crippen molar-refractivity contribution in [3.63, 3.8) is 0 Å². The summed E-state index contributed by atoms with van der Waals surface area (Å²) in [5.74, 6) is -0.0673. The fourth-order valence-electron chi connectivity index (χ4n) is 5.18. The van der Waals surface area contributed by atoms with Crippen LogP contribution < -0.4 is 17.9 Å². The molecule has 0 aromatic heterocycles. The summed E-state index contributed by atoms with van der Waals surface area (Å²) in [5.41, 5.74) is 4.51. The van der Waals surface area contributed by atoms with Gasteiger partial charge in [-0.25, -0.2) is 0 Å². The molecule has 0 saturated heterocycles. The van der Waals surface area contributed by atoms with Crippen molar-refractivity contribution in [2.45, 2.75) is 31.9 Å². The van der Waals surface area contributed by atoms with Crippen LogP contribution in [0.4, 0.5) is 0 Å². The summed E-state index contributed by atoms with van der Waals surface area (Å²) in [6, 6.07) is 34.1. The molecule has 0 heterocycles. The van der Waals surface area contributed by atoms with E-state index in [0.717, 1.165) is 11.3 Å². The van der Waals surface area contributed by atoms with Crippen molar-refractivity contribution < 1.29 is 14.6 Å². The van der Waals surface area contributed by atoms with E-state index in [0.29, 0.717) is 0 Å². The van der Waals surface area contributed by atoms with Gasteiger partial charge in [-0.3, -0.25) is 0 Å². The summed E-state index contributed by atoms with van der Waals surface area (Å²) in [5, 5.41) is 10.2. The van der Waals surface area contributed by atoms with Gasteiger partial charge < -0.3 is 0 Å². The summed E-state index contributed by atoms with van der Waals surface area (Å²) in [7, 11) is 1.66. The number of carboxylic acid groups (broad SMARTS) is 1. The third-order valence-electron chi connectivity index (χ3n) is 6.94. The monoisotopic (exact) mass is 526 g/mol. The molecule has 1 atom stereocenters. The number of benzene rings is 4. The van der Waals surface area contributed by atoms with E-state index in [1.54, 1.807) is 7.11 Å². The number of hydrogen-bond acceptors (Lipinski definition) is 2. The first kappa shape index (κ1) is 24.8. The maximum atomic E-state index is 12.5. The van der Waals surface area contributed by atoms with Gasteiger partial charge >= 0.3 is 211 Å². The predicted molar refractivity (Wildman–Crippen MR) is 146 cm³/mol. The molecule has 0 amide bonds. The minimum absolute atomic E-state index is 0.0238. The Balaban J connectivity index is 2.17. The molecular weight excluding hydrogens is 493 g/mol. The molecule has 4 heteroatoms. The number of hydrogen-bond donors (Lipinski definition) is 1. The van der Waals surface area contributed by atoms with Gasteiger partial charge in [-0.15, -0.1) is 0 Å². The summed E-state index contributed by atoms with van der Waals surface area (Å²) < 4.78 is 9.28. The third-order valence-corrected chi connectivity index (χ3v) is 18.0. The number of carbonyl (C=O) groups is 1. The molecule has 0 radical (unpaired) electrons. The molecule has 0 saturated carbocycles. The van der Waals surface area contributed by atoms with Gasteiger partial charge in [0, 0.05) is 0 Å². The molecule has 0 fully saturated rings. The zero-order valence-corrected chi connectivity index (χ0v) is 22.9. The van der Waals surface area contributed by atoms with Crippen LogP contribution in [-0.2, 0) is 4.79 Å². The van der Waals surface area contributed by atoms with E-state index in [4.69, 9.17) is 4.74 Å². The Labute approximate surface area is 210 Å². The summed E-state index contributed by atoms with van der Waals surface area (Å²) >= 11 is -3.69. The van der Waals surface area contributed by atoms with Gasteiger partial charge in [0.15, 0.2) is 0 Å². The summed E-state index contributed by atoms with van der Waals surface area (Å²) in [6.07, 6.45) is 0.0238. The van der Waals surface area contributed by atoms with Crippen LogP contribution in [0.1, 0.15) is 33.4 Å². The average molecular weight is 525 g/mol. The molecule has 178 valence electrons. The SMILES string of the molecule is COc1ccccc1[CH](CC(=O)O)[Ge]([c]1ccc(C)cc1)([c]1ccc(C)cc1)[c]1ccc(C)cc1. The summed E-state index contributed by atoms with van der Waals surface area (Å²) in [4.78, 5) is 12.5. The Bertz CT molecular complexity index is 1180. The number of aryl methyl sites for hydroxylation is 3. The van der Waals surface area contributed by atoms with Crippen molar-refractivity contribution in [1.82, 2.24) is 0 Å². The normalized spacial score (nSPS) is 12.2. The van der Waals surface area contributed by atoms with Crippen LogP contribution in [0.5, 0.6) is 5.75 Å². The second kappa shape index (κ2) is 10.5. The Hall–Kier alpha value is -3.31.